The number of para-hydroxylation sites is 1. The van der Waals surface area contributed by atoms with Crippen LogP contribution in [0.3, 0.4) is 0 Å². The molecule has 1 heterocycles. The summed E-state index contributed by atoms with van der Waals surface area (Å²) in [6.07, 6.45) is 2.22. The maximum Gasteiger partial charge on any atom is 0.254 e. The number of aromatic nitrogens is 1. The van der Waals surface area contributed by atoms with E-state index in [0.29, 0.717) is 23.3 Å². The first-order valence-electron chi connectivity index (χ1n) is 7.52. The number of rotatable bonds is 4. The standard InChI is InChI=1S/C17H21N3O/c1-11(2)10-20(12-7-8-12)17(21)14-9-16(18)19-15-6-4-3-5-13(14)15/h3-6,9,11-12H,7-8,10H2,1-2H3,(H2,18,19). The molecule has 0 bridgehead atoms. The van der Waals surface area contributed by atoms with Gasteiger partial charge in [0.15, 0.2) is 0 Å². The Hall–Kier alpha value is -2.10. The van der Waals surface area contributed by atoms with Gasteiger partial charge in [0.05, 0.1) is 11.1 Å². The highest BCUT2D eigenvalue weighted by Gasteiger charge is 2.34. The fourth-order valence-corrected chi connectivity index (χ4v) is 2.70. The Morgan fingerprint density at radius 1 is 1.38 bits per heavy atom. The normalized spacial score (nSPS) is 14.6. The highest BCUT2D eigenvalue weighted by Crippen LogP contribution is 2.30. The minimum absolute atomic E-state index is 0.0801. The largest absolute Gasteiger partial charge is 0.384 e. The summed E-state index contributed by atoms with van der Waals surface area (Å²) in [5.74, 6) is 0.939. The van der Waals surface area contributed by atoms with E-state index >= 15 is 0 Å². The number of amides is 1. The number of benzene rings is 1. The van der Waals surface area contributed by atoms with E-state index in [2.05, 4.69) is 18.8 Å². The number of fused-ring (bicyclic) bond motifs is 1. The second-order valence-corrected chi connectivity index (χ2v) is 6.19. The average Bonchev–Trinajstić information content (AvgIpc) is 3.27. The number of hydrogen-bond acceptors (Lipinski definition) is 3. The number of carbonyl (C=O) groups excluding carboxylic acids is 1. The molecule has 0 aliphatic heterocycles. The Morgan fingerprint density at radius 2 is 2.10 bits per heavy atom. The lowest BCUT2D eigenvalue weighted by Gasteiger charge is -2.25. The third-order valence-electron chi connectivity index (χ3n) is 3.78. The smallest absolute Gasteiger partial charge is 0.254 e. The maximum atomic E-state index is 13.0. The fourth-order valence-electron chi connectivity index (χ4n) is 2.70. The van der Waals surface area contributed by atoms with Crippen molar-refractivity contribution in [1.82, 2.24) is 9.88 Å². The molecular formula is C17H21N3O. The van der Waals surface area contributed by atoms with Gasteiger partial charge < -0.3 is 10.6 Å². The van der Waals surface area contributed by atoms with Crippen LogP contribution < -0.4 is 5.73 Å². The van der Waals surface area contributed by atoms with Crippen LogP contribution in [-0.2, 0) is 0 Å². The van der Waals surface area contributed by atoms with E-state index < -0.39 is 0 Å². The second-order valence-electron chi connectivity index (χ2n) is 6.19. The molecule has 1 aromatic heterocycles. The molecule has 1 amide bonds. The third kappa shape index (κ3) is 2.84. The Bertz CT molecular complexity index is 677. The van der Waals surface area contributed by atoms with Crippen molar-refractivity contribution in [2.24, 2.45) is 5.92 Å². The van der Waals surface area contributed by atoms with Crippen LogP contribution in [0.4, 0.5) is 5.82 Å². The van der Waals surface area contributed by atoms with Crippen molar-refractivity contribution in [3.63, 3.8) is 0 Å². The van der Waals surface area contributed by atoms with Crippen LogP contribution in [0.5, 0.6) is 0 Å². The molecular weight excluding hydrogens is 262 g/mol. The number of hydrogen-bond donors (Lipinski definition) is 1. The van der Waals surface area contributed by atoms with Crippen molar-refractivity contribution in [3.8, 4) is 0 Å². The van der Waals surface area contributed by atoms with Crippen LogP contribution in [-0.4, -0.2) is 28.4 Å². The highest BCUT2D eigenvalue weighted by molar-refractivity contribution is 6.07. The van der Waals surface area contributed by atoms with Gasteiger partial charge in [0.25, 0.3) is 5.91 Å². The molecule has 1 aliphatic carbocycles. The zero-order valence-electron chi connectivity index (χ0n) is 12.5. The van der Waals surface area contributed by atoms with Gasteiger partial charge in [-0.1, -0.05) is 32.0 Å². The first kappa shape index (κ1) is 13.9. The molecule has 0 saturated heterocycles. The van der Waals surface area contributed by atoms with Crippen LogP contribution in [0, 0.1) is 5.92 Å². The second kappa shape index (κ2) is 5.35. The van der Waals surface area contributed by atoms with Gasteiger partial charge in [0.1, 0.15) is 5.82 Å². The molecule has 1 aliphatic rings. The van der Waals surface area contributed by atoms with Crippen molar-refractivity contribution in [2.45, 2.75) is 32.7 Å². The molecule has 2 aromatic rings. The number of nitrogens with two attached hydrogens (primary N) is 1. The van der Waals surface area contributed by atoms with Gasteiger partial charge in [-0.15, -0.1) is 0 Å². The molecule has 4 nitrogen and oxygen atoms in total. The predicted molar refractivity (Wildman–Crippen MR) is 85.1 cm³/mol. The van der Waals surface area contributed by atoms with Crippen LogP contribution in [0.15, 0.2) is 30.3 Å². The van der Waals surface area contributed by atoms with Crippen LogP contribution in [0.1, 0.15) is 37.0 Å². The minimum atomic E-state index is 0.0801. The van der Waals surface area contributed by atoms with Crippen molar-refractivity contribution in [2.75, 3.05) is 12.3 Å². The quantitative estimate of drug-likeness (QED) is 0.938. The molecule has 3 rings (SSSR count). The first-order chi connectivity index (χ1) is 10.1. The zero-order chi connectivity index (χ0) is 15.0. The Morgan fingerprint density at radius 3 is 2.76 bits per heavy atom. The van der Waals surface area contributed by atoms with Gasteiger partial charge in [-0.05, 0) is 30.9 Å². The number of anilines is 1. The van der Waals surface area contributed by atoms with Crippen molar-refractivity contribution in [1.29, 1.82) is 0 Å². The predicted octanol–water partition coefficient (Wildman–Crippen LogP) is 3.08. The van der Waals surface area contributed by atoms with E-state index in [9.17, 15) is 4.79 Å². The summed E-state index contributed by atoms with van der Waals surface area (Å²) in [6.45, 7) is 5.07. The van der Waals surface area contributed by atoms with Gasteiger partial charge in [-0.3, -0.25) is 4.79 Å². The van der Waals surface area contributed by atoms with E-state index in [1.807, 2.05) is 29.2 Å². The number of pyridine rings is 1. The summed E-state index contributed by atoms with van der Waals surface area (Å²) in [5, 5.41) is 0.881. The maximum absolute atomic E-state index is 13.0. The fraction of sp³-hybridized carbons (Fsp3) is 0.412. The third-order valence-corrected chi connectivity index (χ3v) is 3.78. The molecule has 1 saturated carbocycles. The SMILES string of the molecule is CC(C)CN(C(=O)c1cc(N)nc2ccccc12)C1CC1. The number of nitrogens with zero attached hydrogens (tertiary/aromatic N) is 2. The van der Waals surface area contributed by atoms with Crippen molar-refractivity contribution in [3.05, 3.63) is 35.9 Å². The van der Waals surface area contributed by atoms with Gasteiger partial charge >= 0.3 is 0 Å². The number of nitrogen functional groups attached to an aromatic ring is 1. The van der Waals surface area contributed by atoms with Crippen LogP contribution in [0.2, 0.25) is 0 Å². The minimum Gasteiger partial charge on any atom is -0.384 e. The topological polar surface area (TPSA) is 59.2 Å². The number of carbonyl (C=O) groups is 1. The van der Waals surface area contributed by atoms with E-state index in [1.165, 1.54) is 0 Å². The van der Waals surface area contributed by atoms with E-state index in [-0.39, 0.29) is 5.91 Å². The Balaban J connectivity index is 2.03. The molecule has 0 unspecified atom stereocenters. The molecule has 1 aromatic carbocycles. The van der Waals surface area contributed by atoms with Crippen LogP contribution >= 0.6 is 0 Å². The van der Waals surface area contributed by atoms with Gasteiger partial charge in [-0.25, -0.2) is 4.98 Å². The molecule has 2 N–H and O–H groups in total. The lowest BCUT2D eigenvalue weighted by molar-refractivity contribution is 0.0724. The lowest BCUT2D eigenvalue weighted by atomic mass is 10.1. The lowest BCUT2D eigenvalue weighted by Crippen LogP contribution is -2.36. The molecule has 1 fully saturated rings. The summed E-state index contributed by atoms with van der Waals surface area (Å²) in [5.41, 5.74) is 7.32. The van der Waals surface area contributed by atoms with E-state index in [0.717, 1.165) is 30.3 Å². The van der Waals surface area contributed by atoms with Crippen molar-refractivity contribution < 1.29 is 4.79 Å². The van der Waals surface area contributed by atoms with Gasteiger partial charge in [0.2, 0.25) is 0 Å². The highest BCUT2D eigenvalue weighted by atomic mass is 16.2. The molecule has 21 heavy (non-hydrogen) atoms. The van der Waals surface area contributed by atoms with Crippen molar-refractivity contribution >= 4 is 22.6 Å². The molecule has 0 spiro atoms. The van der Waals surface area contributed by atoms with E-state index in [1.54, 1.807) is 6.07 Å². The average molecular weight is 283 g/mol. The molecule has 4 heteroatoms. The summed E-state index contributed by atoms with van der Waals surface area (Å²) in [7, 11) is 0. The zero-order valence-corrected chi connectivity index (χ0v) is 12.5. The Labute approximate surface area is 125 Å². The molecule has 110 valence electrons. The summed E-state index contributed by atoms with van der Waals surface area (Å²) in [4.78, 5) is 19.3. The summed E-state index contributed by atoms with van der Waals surface area (Å²) >= 11 is 0. The van der Waals surface area contributed by atoms with Gasteiger partial charge in [-0.2, -0.15) is 0 Å². The molecule has 0 atom stereocenters. The van der Waals surface area contributed by atoms with Crippen LogP contribution in [0.25, 0.3) is 10.9 Å². The monoisotopic (exact) mass is 283 g/mol. The summed E-state index contributed by atoms with van der Waals surface area (Å²) < 4.78 is 0. The van der Waals surface area contributed by atoms with Gasteiger partial charge in [0, 0.05) is 18.0 Å². The first-order valence-corrected chi connectivity index (χ1v) is 7.52. The van der Waals surface area contributed by atoms with E-state index in [4.69, 9.17) is 5.73 Å². The summed E-state index contributed by atoms with van der Waals surface area (Å²) in [6, 6.07) is 9.78. The molecule has 0 radical (unpaired) electrons. The Kier molecular flexibility index (Phi) is 3.53.